The fourth-order valence-electron chi connectivity index (χ4n) is 2.61. The molecule has 0 aliphatic heterocycles. The van der Waals surface area contributed by atoms with Crippen LogP contribution in [-0.2, 0) is 24.9 Å². The Hall–Kier alpha value is -1.43. The van der Waals surface area contributed by atoms with E-state index >= 15 is 0 Å². The third-order valence-electron chi connectivity index (χ3n) is 3.91. The predicted molar refractivity (Wildman–Crippen MR) is 101 cm³/mol. The molecule has 0 fully saturated rings. The first-order valence-electron chi connectivity index (χ1n) is 8.99. The number of fused-ring (bicyclic) bond motifs is 1. The summed E-state index contributed by atoms with van der Waals surface area (Å²) in [5.74, 6) is 0.460. The summed E-state index contributed by atoms with van der Waals surface area (Å²) >= 11 is 0. The van der Waals surface area contributed by atoms with Gasteiger partial charge in [-0.25, -0.2) is 4.57 Å². The normalized spacial score (nSPS) is 13.7. The molecular weight excluding hydrogens is 355 g/mol. The summed E-state index contributed by atoms with van der Waals surface area (Å²) in [6.07, 6.45) is 4.02. The second-order valence-electron chi connectivity index (χ2n) is 5.89. The number of benzene rings is 2. The van der Waals surface area contributed by atoms with Crippen molar-refractivity contribution in [3.63, 3.8) is 0 Å². The fourth-order valence-corrected chi connectivity index (χ4v) is 3.13. The van der Waals surface area contributed by atoms with Crippen LogP contribution in [0.4, 0.5) is 0 Å². The molecule has 2 rings (SSSR count). The van der Waals surface area contributed by atoms with Crippen LogP contribution in [0.3, 0.4) is 0 Å². The average molecular weight is 382 g/mol. The van der Waals surface area contributed by atoms with Gasteiger partial charge in [0.2, 0.25) is 0 Å². The molecule has 1 N–H and O–H groups in total. The minimum Gasteiger partial charge on any atom is -0.379 e. The standard InChI is InChI=1S/C19H27O6P/c1-3-5-6-10-17-13-12-16-9-7-8-11-18(16)19(17)24-25-26(20,21)23-15-14-22-4-2/h7-9,11-13H,3-6,10,14-15H2,1-2H3,(H,20,21). The van der Waals surface area contributed by atoms with Crippen molar-refractivity contribution < 1.29 is 28.3 Å². The zero-order valence-electron chi connectivity index (χ0n) is 15.3. The highest BCUT2D eigenvalue weighted by atomic mass is 31.2. The molecule has 6 nitrogen and oxygen atoms in total. The summed E-state index contributed by atoms with van der Waals surface area (Å²) in [7, 11) is -4.33. The Bertz CT molecular complexity index is 733. The molecule has 0 saturated heterocycles. The maximum Gasteiger partial charge on any atom is 0.508 e. The smallest absolute Gasteiger partial charge is 0.379 e. The molecule has 2 aromatic rings. The van der Waals surface area contributed by atoms with E-state index in [4.69, 9.17) is 18.8 Å². The largest absolute Gasteiger partial charge is 0.508 e. The highest BCUT2D eigenvalue weighted by Crippen LogP contribution is 2.44. The van der Waals surface area contributed by atoms with Crippen LogP contribution in [0.1, 0.15) is 38.7 Å². The minimum absolute atomic E-state index is 0.0517. The lowest BCUT2D eigenvalue weighted by molar-refractivity contribution is -0.128. The van der Waals surface area contributed by atoms with Gasteiger partial charge >= 0.3 is 7.82 Å². The first kappa shape index (κ1) is 20.9. The molecule has 0 amide bonds. The van der Waals surface area contributed by atoms with Crippen LogP contribution >= 0.6 is 7.82 Å². The first-order chi connectivity index (χ1) is 12.6. The summed E-state index contributed by atoms with van der Waals surface area (Å²) in [6.45, 7) is 4.64. The molecule has 0 saturated carbocycles. The van der Waals surface area contributed by atoms with E-state index in [9.17, 15) is 9.46 Å². The molecule has 7 heteroatoms. The molecule has 1 atom stereocenters. The zero-order chi connectivity index (χ0) is 18.8. The van der Waals surface area contributed by atoms with E-state index in [1.807, 2.05) is 43.3 Å². The van der Waals surface area contributed by atoms with Crippen molar-refractivity contribution in [2.75, 3.05) is 19.8 Å². The SMILES string of the molecule is CCCCCc1ccc2ccccc2c1OOP(=O)(O)OCCOCC. The van der Waals surface area contributed by atoms with Gasteiger partial charge in [-0.05, 0) is 30.7 Å². The molecule has 26 heavy (non-hydrogen) atoms. The van der Waals surface area contributed by atoms with Gasteiger partial charge < -0.3 is 14.5 Å². The first-order valence-corrected chi connectivity index (χ1v) is 10.5. The molecule has 0 radical (unpaired) electrons. The van der Waals surface area contributed by atoms with Gasteiger partial charge in [-0.2, -0.15) is 0 Å². The van der Waals surface area contributed by atoms with Crippen LogP contribution in [0.5, 0.6) is 5.75 Å². The molecular formula is C19H27O6P. The van der Waals surface area contributed by atoms with Gasteiger partial charge in [-0.1, -0.05) is 60.8 Å². The molecule has 1 unspecified atom stereocenters. The number of ether oxygens (including phenoxy) is 1. The van der Waals surface area contributed by atoms with E-state index < -0.39 is 7.82 Å². The maximum atomic E-state index is 12.0. The summed E-state index contributed by atoms with van der Waals surface area (Å²) in [4.78, 5) is 15.1. The average Bonchev–Trinajstić information content (AvgIpc) is 2.64. The van der Waals surface area contributed by atoms with E-state index in [0.717, 1.165) is 42.0 Å². The van der Waals surface area contributed by atoms with Crippen LogP contribution in [0.15, 0.2) is 36.4 Å². The van der Waals surface area contributed by atoms with Gasteiger partial charge in [-0.3, -0.25) is 4.52 Å². The summed E-state index contributed by atoms with van der Waals surface area (Å²) in [5, 5.41) is 1.80. The van der Waals surface area contributed by atoms with Crippen molar-refractivity contribution in [3.8, 4) is 5.75 Å². The molecule has 144 valence electrons. The third-order valence-corrected chi connectivity index (χ3v) is 4.68. The fraction of sp³-hybridized carbons (Fsp3) is 0.474. The Morgan fingerprint density at radius 2 is 1.85 bits per heavy atom. The number of rotatable bonds is 12. The van der Waals surface area contributed by atoms with Crippen molar-refractivity contribution in [3.05, 3.63) is 42.0 Å². The van der Waals surface area contributed by atoms with Crippen LogP contribution in [-0.4, -0.2) is 24.7 Å². The van der Waals surface area contributed by atoms with E-state index in [2.05, 4.69) is 6.92 Å². The van der Waals surface area contributed by atoms with E-state index in [-0.39, 0.29) is 13.2 Å². The predicted octanol–water partition coefficient (Wildman–Crippen LogP) is 5.04. The number of hydrogen-bond donors (Lipinski definition) is 1. The topological polar surface area (TPSA) is 74.2 Å². The Balaban J connectivity index is 2.12. The van der Waals surface area contributed by atoms with Gasteiger partial charge in [0.05, 0.1) is 13.2 Å². The van der Waals surface area contributed by atoms with Gasteiger partial charge in [0.25, 0.3) is 0 Å². The molecule has 2 aromatic carbocycles. The highest BCUT2D eigenvalue weighted by molar-refractivity contribution is 7.47. The molecule has 0 aliphatic carbocycles. The molecule has 0 aromatic heterocycles. The minimum atomic E-state index is -4.33. The van der Waals surface area contributed by atoms with Crippen molar-refractivity contribution in [1.82, 2.24) is 0 Å². The van der Waals surface area contributed by atoms with Crippen molar-refractivity contribution in [2.24, 2.45) is 0 Å². The second-order valence-corrected chi connectivity index (χ2v) is 7.23. The quantitative estimate of drug-likeness (QED) is 0.240. The number of unbranched alkanes of at least 4 members (excludes halogenated alkanes) is 2. The van der Waals surface area contributed by atoms with Gasteiger partial charge in [0.15, 0.2) is 5.75 Å². The van der Waals surface area contributed by atoms with Gasteiger partial charge in [0, 0.05) is 12.0 Å². The Kier molecular flexibility index (Phi) is 8.55. The molecule has 0 spiro atoms. The highest BCUT2D eigenvalue weighted by Gasteiger charge is 2.24. The van der Waals surface area contributed by atoms with Crippen molar-refractivity contribution in [2.45, 2.75) is 39.5 Å². The maximum absolute atomic E-state index is 12.0. The van der Waals surface area contributed by atoms with Gasteiger partial charge in [0.1, 0.15) is 0 Å². The lowest BCUT2D eigenvalue weighted by Gasteiger charge is -2.15. The lowest BCUT2D eigenvalue weighted by Crippen LogP contribution is -2.06. The molecule has 0 bridgehead atoms. The Morgan fingerprint density at radius 1 is 1.04 bits per heavy atom. The van der Waals surface area contributed by atoms with Crippen LogP contribution in [0, 0.1) is 0 Å². The van der Waals surface area contributed by atoms with Gasteiger partial charge in [-0.15, -0.1) is 0 Å². The number of phosphoric acid groups is 1. The second kappa shape index (κ2) is 10.7. The van der Waals surface area contributed by atoms with E-state index in [1.165, 1.54) is 0 Å². The Morgan fingerprint density at radius 3 is 2.62 bits per heavy atom. The zero-order valence-corrected chi connectivity index (χ0v) is 16.2. The molecule has 0 heterocycles. The third kappa shape index (κ3) is 6.38. The van der Waals surface area contributed by atoms with E-state index in [1.54, 1.807) is 0 Å². The van der Waals surface area contributed by atoms with E-state index in [0.29, 0.717) is 12.4 Å². The van der Waals surface area contributed by atoms with Crippen LogP contribution in [0.25, 0.3) is 10.8 Å². The monoisotopic (exact) mass is 382 g/mol. The Labute approximate surface area is 154 Å². The number of hydrogen-bond acceptors (Lipinski definition) is 5. The lowest BCUT2D eigenvalue weighted by atomic mass is 10.0. The van der Waals surface area contributed by atoms with Crippen molar-refractivity contribution in [1.29, 1.82) is 0 Å². The number of aryl methyl sites for hydroxylation is 1. The number of phosphoric ester groups is 1. The van der Waals surface area contributed by atoms with Crippen LogP contribution < -0.4 is 4.89 Å². The summed E-state index contributed by atoms with van der Waals surface area (Å²) < 4.78 is 26.7. The summed E-state index contributed by atoms with van der Waals surface area (Å²) in [6, 6.07) is 11.7. The van der Waals surface area contributed by atoms with Crippen LogP contribution in [0.2, 0.25) is 0 Å². The molecule has 0 aliphatic rings. The van der Waals surface area contributed by atoms with Crippen molar-refractivity contribution >= 4 is 18.6 Å². The summed E-state index contributed by atoms with van der Waals surface area (Å²) in [5.41, 5.74) is 0.937.